The van der Waals surface area contributed by atoms with Crippen molar-refractivity contribution in [1.29, 1.82) is 0 Å². The minimum Gasteiger partial charge on any atom is -0.468 e. The first-order valence-electron chi connectivity index (χ1n) is 18.3. The van der Waals surface area contributed by atoms with Gasteiger partial charge in [0.1, 0.15) is 16.5 Å². The minimum absolute atomic E-state index is 0.0327. The zero-order valence-corrected chi connectivity index (χ0v) is 31.4. The summed E-state index contributed by atoms with van der Waals surface area (Å²) in [5, 5.41) is 17.2. The lowest BCUT2D eigenvalue weighted by atomic mass is 9.77. The van der Waals surface area contributed by atoms with Crippen molar-refractivity contribution in [1.82, 2.24) is 34.8 Å². The molecule has 1 saturated heterocycles. The number of sulfonamides is 1. The topological polar surface area (TPSA) is 132 Å². The van der Waals surface area contributed by atoms with Gasteiger partial charge in [-0.05, 0) is 62.4 Å². The second-order valence-electron chi connectivity index (χ2n) is 13.6. The van der Waals surface area contributed by atoms with Crippen molar-refractivity contribution < 1.29 is 17.9 Å². The Balaban J connectivity index is 1.10. The molecule has 3 heterocycles. The normalized spacial score (nSPS) is 16.1. The summed E-state index contributed by atoms with van der Waals surface area (Å²) in [6.07, 6.45) is 3.08. The molecule has 0 bridgehead atoms. The van der Waals surface area contributed by atoms with Gasteiger partial charge in [0.25, 0.3) is 0 Å². The van der Waals surface area contributed by atoms with Crippen LogP contribution in [0.15, 0.2) is 169 Å². The maximum Gasteiger partial charge on any atom is 0.324 e. The molecule has 5 aromatic carbocycles. The lowest BCUT2D eigenvalue weighted by Crippen LogP contribution is -2.41. The van der Waals surface area contributed by atoms with Crippen LogP contribution in [0.3, 0.4) is 0 Å². The van der Waals surface area contributed by atoms with E-state index in [-0.39, 0.29) is 23.9 Å². The van der Waals surface area contributed by atoms with Crippen molar-refractivity contribution in [2.45, 2.75) is 35.5 Å². The predicted octanol–water partition coefficient (Wildman–Crippen LogP) is 6.34. The summed E-state index contributed by atoms with van der Waals surface area (Å²) in [5.41, 5.74) is 5.93. The number of ether oxygens (including phenoxy) is 1. The van der Waals surface area contributed by atoms with Gasteiger partial charge in [0.2, 0.25) is 10.0 Å². The number of methoxy groups -OCH3 is 1. The van der Waals surface area contributed by atoms with E-state index in [2.05, 4.69) is 75.2 Å². The summed E-state index contributed by atoms with van der Waals surface area (Å²) in [5.74, 6) is 0.0134. The summed E-state index contributed by atoms with van der Waals surface area (Å²) in [6, 6.07) is 49.1. The third-order valence-corrected chi connectivity index (χ3v) is 12.2. The van der Waals surface area contributed by atoms with Crippen LogP contribution in [0.4, 0.5) is 0 Å². The van der Waals surface area contributed by atoms with Crippen LogP contribution in [-0.2, 0) is 31.6 Å². The maximum absolute atomic E-state index is 13.5. The Bertz CT molecular complexity index is 2420. The average Bonchev–Trinajstić information content (AvgIpc) is 3.94. The highest BCUT2D eigenvalue weighted by molar-refractivity contribution is 7.89. The Morgan fingerprint density at radius 3 is 1.93 bits per heavy atom. The van der Waals surface area contributed by atoms with E-state index in [9.17, 15) is 13.2 Å². The number of nitrogens with zero attached hydrogens (tertiary/aromatic N) is 6. The molecule has 1 N–H and O–H groups in total. The highest BCUT2D eigenvalue weighted by atomic mass is 32.2. The summed E-state index contributed by atoms with van der Waals surface area (Å²) >= 11 is 0. The number of hydrogen-bond acceptors (Lipinski definition) is 9. The Morgan fingerprint density at radius 2 is 1.36 bits per heavy atom. The van der Waals surface area contributed by atoms with Crippen LogP contribution >= 0.6 is 0 Å². The molecule has 280 valence electrons. The van der Waals surface area contributed by atoms with Gasteiger partial charge in [0.15, 0.2) is 5.82 Å². The second-order valence-corrected chi connectivity index (χ2v) is 15.5. The number of carbonyl (C=O) groups is 1. The number of rotatable bonds is 12. The zero-order chi connectivity index (χ0) is 38.5. The molecule has 1 aliphatic rings. The molecule has 12 heteroatoms. The van der Waals surface area contributed by atoms with Gasteiger partial charge in [-0.25, -0.2) is 13.1 Å². The number of nitrogens with one attached hydrogen (secondary N) is 1. The summed E-state index contributed by atoms with van der Waals surface area (Å²) in [6.45, 7) is 0.584. The predicted molar refractivity (Wildman–Crippen MR) is 212 cm³/mol. The molecule has 2 aromatic heterocycles. The van der Waals surface area contributed by atoms with Crippen LogP contribution in [0, 0.1) is 0 Å². The molecule has 7 aromatic rings. The fraction of sp³-hybridized carbons (Fsp3) is 0.159. The number of aromatic nitrogens is 5. The largest absolute Gasteiger partial charge is 0.468 e. The fourth-order valence-electron chi connectivity index (χ4n) is 7.68. The number of pyridine rings is 1. The van der Waals surface area contributed by atoms with Crippen LogP contribution in [0.5, 0.6) is 0 Å². The van der Waals surface area contributed by atoms with Crippen molar-refractivity contribution in [2.75, 3.05) is 13.7 Å². The molecule has 1 fully saturated rings. The van der Waals surface area contributed by atoms with Gasteiger partial charge in [0, 0.05) is 37.1 Å². The van der Waals surface area contributed by atoms with Crippen molar-refractivity contribution in [3.05, 3.63) is 186 Å². The lowest BCUT2D eigenvalue weighted by molar-refractivity contribution is -0.144. The molecule has 0 unspecified atom stereocenters. The molecule has 0 aliphatic carbocycles. The number of tetrazole rings is 1. The third-order valence-electron chi connectivity index (χ3n) is 10.4. The first kappa shape index (κ1) is 36.6. The molecule has 56 heavy (non-hydrogen) atoms. The van der Waals surface area contributed by atoms with Gasteiger partial charge in [0.05, 0.1) is 7.11 Å². The molecular weight excluding hydrogens is 723 g/mol. The molecule has 0 radical (unpaired) electrons. The Labute approximate surface area is 325 Å². The SMILES string of the molecule is COC(=O)[C@@H]1C[C@H](NCc2ccc(-c3ccccc3-c3nnnn3C(c3ccccc3)(c3ccccc3)c3ccccc3)cc2)CN1S(=O)(=O)c1cccnc1. The molecular formula is C44H39N7O4S. The van der Waals surface area contributed by atoms with Crippen LogP contribution in [-0.4, -0.2) is 69.6 Å². The van der Waals surface area contributed by atoms with E-state index < -0.39 is 27.6 Å². The van der Waals surface area contributed by atoms with Crippen molar-refractivity contribution in [2.24, 2.45) is 0 Å². The standard InChI is InChI=1S/C44H39N7O4S/c1-55-43(52)41-28-37(31-50(41)56(53,54)38-20-13-27-45-30-38)46-29-32-23-25-33(26-24-32)39-21-11-12-22-40(39)42-47-48-49-51(42)44(34-14-5-2-6-15-34,35-16-7-3-8-17-35)36-18-9-4-10-19-36/h2-27,30,37,41,46H,28-29,31H2,1H3/t37-,41-/m0/s1. The van der Waals surface area contributed by atoms with Gasteiger partial charge in [-0.15, -0.1) is 5.10 Å². The Hall–Kier alpha value is -6.34. The van der Waals surface area contributed by atoms with E-state index in [1.807, 2.05) is 89.6 Å². The van der Waals surface area contributed by atoms with Crippen LogP contribution in [0.2, 0.25) is 0 Å². The molecule has 1 aliphatic heterocycles. The highest BCUT2D eigenvalue weighted by Gasteiger charge is 2.45. The maximum atomic E-state index is 13.5. The Kier molecular flexibility index (Phi) is 10.3. The van der Waals surface area contributed by atoms with E-state index in [0.29, 0.717) is 12.4 Å². The first-order chi connectivity index (χ1) is 27.4. The second kappa shape index (κ2) is 15.8. The molecule has 0 amide bonds. The van der Waals surface area contributed by atoms with Crippen molar-refractivity contribution >= 4 is 16.0 Å². The van der Waals surface area contributed by atoms with E-state index in [1.54, 1.807) is 6.07 Å². The monoisotopic (exact) mass is 761 g/mol. The third kappa shape index (κ3) is 6.79. The smallest absolute Gasteiger partial charge is 0.324 e. The van der Waals surface area contributed by atoms with Crippen LogP contribution in [0.25, 0.3) is 22.5 Å². The quantitative estimate of drug-likeness (QED) is 0.112. The van der Waals surface area contributed by atoms with Gasteiger partial charge in [-0.3, -0.25) is 9.78 Å². The Morgan fingerprint density at radius 1 is 0.768 bits per heavy atom. The van der Waals surface area contributed by atoms with Gasteiger partial charge in [-0.1, -0.05) is 140 Å². The highest BCUT2D eigenvalue weighted by Crippen LogP contribution is 2.43. The van der Waals surface area contributed by atoms with Crippen LogP contribution in [0.1, 0.15) is 28.7 Å². The minimum atomic E-state index is -3.96. The van der Waals surface area contributed by atoms with E-state index in [0.717, 1.165) is 38.9 Å². The number of carbonyl (C=O) groups excluding carboxylic acids is 1. The summed E-state index contributed by atoms with van der Waals surface area (Å²) in [4.78, 5) is 16.7. The number of benzene rings is 5. The number of esters is 1. The fourth-order valence-corrected chi connectivity index (χ4v) is 9.28. The number of hydrogen-bond donors (Lipinski definition) is 1. The van der Waals surface area contributed by atoms with E-state index in [1.165, 1.54) is 29.9 Å². The lowest BCUT2D eigenvalue weighted by Gasteiger charge is -2.36. The molecule has 11 nitrogen and oxygen atoms in total. The summed E-state index contributed by atoms with van der Waals surface area (Å²) < 4.78 is 35.1. The van der Waals surface area contributed by atoms with Gasteiger partial charge in [-0.2, -0.15) is 4.31 Å². The van der Waals surface area contributed by atoms with Gasteiger partial charge < -0.3 is 10.1 Å². The molecule has 8 rings (SSSR count). The van der Waals surface area contributed by atoms with Crippen LogP contribution < -0.4 is 5.32 Å². The molecule has 0 spiro atoms. The van der Waals surface area contributed by atoms with Gasteiger partial charge >= 0.3 is 5.97 Å². The first-order valence-corrected chi connectivity index (χ1v) is 19.7. The zero-order valence-electron chi connectivity index (χ0n) is 30.6. The average molecular weight is 762 g/mol. The summed E-state index contributed by atoms with van der Waals surface area (Å²) in [7, 11) is -2.70. The van der Waals surface area contributed by atoms with E-state index >= 15 is 0 Å². The molecule has 2 atom stereocenters. The van der Waals surface area contributed by atoms with Crippen molar-refractivity contribution in [3.63, 3.8) is 0 Å². The van der Waals surface area contributed by atoms with Crippen molar-refractivity contribution in [3.8, 4) is 22.5 Å². The molecule has 0 saturated carbocycles. The van der Waals surface area contributed by atoms with E-state index in [4.69, 9.17) is 9.95 Å².